The Morgan fingerprint density at radius 3 is 2.80 bits per heavy atom. The number of nitrogens with zero attached hydrogens (tertiary/aromatic N) is 5. The maximum absolute atomic E-state index is 6.02. The molecule has 2 aromatic rings. The SMILES string of the molecule is Cn1cc(CC(N)c2nccn2C)nn1. The van der Waals surface area contributed by atoms with Gasteiger partial charge in [0.15, 0.2) is 0 Å². The van der Waals surface area contributed by atoms with Crippen molar-refractivity contribution in [1.82, 2.24) is 24.5 Å². The monoisotopic (exact) mass is 206 g/mol. The van der Waals surface area contributed by atoms with Gasteiger partial charge in [0.2, 0.25) is 0 Å². The van der Waals surface area contributed by atoms with Gasteiger partial charge in [-0.2, -0.15) is 0 Å². The van der Waals surface area contributed by atoms with E-state index in [1.165, 1.54) is 0 Å². The lowest BCUT2D eigenvalue weighted by Gasteiger charge is -2.08. The predicted octanol–water partition coefficient (Wildman–Crippen LogP) is -0.209. The molecule has 2 N–H and O–H groups in total. The fraction of sp³-hybridized carbons (Fsp3) is 0.444. The minimum absolute atomic E-state index is 0.137. The Morgan fingerprint density at radius 1 is 1.47 bits per heavy atom. The van der Waals surface area contributed by atoms with Crippen molar-refractivity contribution in [3.63, 3.8) is 0 Å². The molecule has 0 radical (unpaired) electrons. The summed E-state index contributed by atoms with van der Waals surface area (Å²) in [7, 11) is 3.77. The summed E-state index contributed by atoms with van der Waals surface area (Å²) in [5, 5.41) is 7.85. The van der Waals surface area contributed by atoms with E-state index in [0.717, 1.165) is 11.5 Å². The van der Waals surface area contributed by atoms with E-state index in [0.29, 0.717) is 6.42 Å². The van der Waals surface area contributed by atoms with Crippen LogP contribution in [0.1, 0.15) is 17.6 Å². The van der Waals surface area contributed by atoms with Crippen molar-refractivity contribution in [3.8, 4) is 0 Å². The van der Waals surface area contributed by atoms with Crippen LogP contribution in [0.15, 0.2) is 18.6 Å². The predicted molar refractivity (Wildman–Crippen MR) is 54.8 cm³/mol. The molecule has 80 valence electrons. The molecule has 2 heterocycles. The fourth-order valence-corrected chi connectivity index (χ4v) is 1.54. The van der Waals surface area contributed by atoms with E-state index < -0.39 is 0 Å². The third kappa shape index (κ3) is 2.04. The van der Waals surface area contributed by atoms with Gasteiger partial charge in [-0.15, -0.1) is 5.10 Å². The van der Waals surface area contributed by atoms with Gasteiger partial charge in [-0.05, 0) is 0 Å². The summed E-state index contributed by atoms with van der Waals surface area (Å²) in [4.78, 5) is 4.20. The molecule has 2 aromatic heterocycles. The standard InChI is InChI=1S/C9H14N6/c1-14-4-3-11-9(14)8(10)5-7-6-15(2)13-12-7/h3-4,6,8H,5,10H2,1-2H3. The number of aromatic nitrogens is 5. The number of nitrogens with two attached hydrogens (primary N) is 1. The van der Waals surface area contributed by atoms with E-state index >= 15 is 0 Å². The number of aryl methyl sites for hydroxylation is 2. The van der Waals surface area contributed by atoms with Crippen LogP contribution in [-0.2, 0) is 20.5 Å². The van der Waals surface area contributed by atoms with Crippen molar-refractivity contribution in [2.24, 2.45) is 19.8 Å². The summed E-state index contributed by atoms with van der Waals surface area (Å²) in [6.45, 7) is 0. The van der Waals surface area contributed by atoms with Crippen molar-refractivity contribution in [2.75, 3.05) is 0 Å². The summed E-state index contributed by atoms with van der Waals surface area (Å²) in [5.74, 6) is 0.862. The summed E-state index contributed by atoms with van der Waals surface area (Å²) in [6, 6.07) is -0.137. The first kappa shape index (κ1) is 9.85. The molecule has 0 aliphatic rings. The molecule has 0 saturated heterocycles. The average molecular weight is 206 g/mol. The second-order valence-electron chi connectivity index (χ2n) is 3.59. The highest BCUT2D eigenvalue weighted by Gasteiger charge is 2.13. The lowest BCUT2D eigenvalue weighted by Crippen LogP contribution is -2.17. The second kappa shape index (κ2) is 3.82. The maximum atomic E-state index is 6.02. The molecule has 0 aromatic carbocycles. The van der Waals surface area contributed by atoms with Gasteiger partial charge in [-0.1, -0.05) is 5.21 Å². The van der Waals surface area contributed by atoms with E-state index in [9.17, 15) is 0 Å². The van der Waals surface area contributed by atoms with Crippen LogP contribution in [-0.4, -0.2) is 24.5 Å². The first-order valence-electron chi connectivity index (χ1n) is 4.75. The maximum Gasteiger partial charge on any atom is 0.125 e. The lowest BCUT2D eigenvalue weighted by molar-refractivity contribution is 0.622. The number of hydrogen-bond donors (Lipinski definition) is 1. The average Bonchev–Trinajstić information content (AvgIpc) is 2.75. The highest BCUT2D eigenvalue weighted by atomic mass is 15.4. The summed E-state index contributed by atoms with van der Waals surface area (Å²) >= 11 is 0. The Labute approximate surface area is 87.7 Å². The molecule has 1 unspecified atom stereocenters. The van der Waals surface area contributed by atoms with Crippen LogP contribution >= 0.6 is 0 Å². The molecule has 6 nitrogen and oxygen atoms in total. The fourth-order valence-electron chi connectivity index (χ4n) is 1.54. The van der Waals surface area contributed by atoms with Crippen molar-refractivity contribution < 1.29 is 0 Å². The third-order valence-corrected chi connectivity index (χ3v) is 2.27. The molecule has 0 aliphatic carbocycles. The third-order valence-electron chi connectivity index (χ3n) is 2.27. The normalized spacial score (nSPS) is 13.0. The molecular weight excluding hydrogens is 192 g/mol. The zero-order valence-electron chi connectivity index (χ0n) is 8.83. The molecule has 1 atom stereocenters. The van der Waals surface area contributed by atoms with Crippen molar-refractivity contribution >= 4 is 0 Å². The van der Waals surface area contributed by atoms with Crippen LogP contribution < -0.4 is 5.73 Å². The van der Waals surface area contributed by atoms with E-state index in [1.54, 1.807) is 10.9 Å². The molecule has 15 heavy (non-hydrogen) atoms. The highest BCUT2D eigenvalue weighted by Crippen LogP contribution is 2.11. The first-order valence-corrected chi connectivity index (χ1v) is 4.75. The summed E-state index contributed by atoms with van der Waals surface area (Å²) < 4.78 is 3.58. The minimum Gasteiger partial charge on any atom is -0.337 e. The number of imidazole rings is 1. The van der Waals surface area contributed by atoms with Crippen LogP contribution in [0, 0.1) is 0 Å². The zero-order valence-corrected chi connectivity index (χ0v) is 8.83. The van der Waals surface area contributed by atoms with Gasteiger partial charge in [0.05, 0.1) is 11.7 Å². The van der Waals surface area contributed by atoms with Gasteiger partial charge in [0.1, 0.15) is 5.82 Å². The first-order chi connectivity index (χ1) is 7.16. The zero-order chi connectivity index (χ0) is 10.8. The quantitative estimate of drug-likeness (QED) is 0.754. The number of hydrogen-bond acceptors (Lipinski definition) is 4. The summed E-state index contributed by atoms with van der Waals surface area (Å²) in [5.41, 5.74) is 6.90. The van der Waals surface area contributed by atoms with Crippen LogP contribution in [0.2, 0.25) is 0 Å². The lowest BCUT2D eigenvalue weighted by atomic mass is 10.1. The van der Waals surface area contributed by atoms with E-state index in [2.05, 4.69) is 15.3 Å². The Bertz CT molecular complexity index is 443. The number of rotatable bonds is 3. The van der Waals surface area contributed by atoms with E-state index in [4.69, 9.17) is 5.73 Å². The van der Waals surface area contributed by atoms with E-state index in [1.807, 2.05) is 31.1 Å². The summed E-state index contributed by atoms with van der Waals surface area (Å²) in [6.07, 6.45) is 6.14. The van der Waals surface area contributed by atoms with Crippen molar-refractivity contribution in [3.05, 3.63) is 30.1 Å². The van der Waals surface area contributed by atoms with Crippen molar-refractivity contribution in [1.29, 1.82) is 0 Å². The Kier molecular flexibility index (Phi) is 2.51. The molecule has 0 spiro atoms. The second-order valence-corrected chi connectivity index (χ2v) is 3.59. The molecule has 0 aliphatic heterocycles. The van der Waals surface area contributed by atoms with Gasteiger partial charge in [-0.3, -0.25) is 4.68 Å². The van der Waals surface area contributed by atoms with Gasteiger partial charge in [-0.25, -0.2) is 4.98 Å². The minimum atomic E-state index is -0.137. The molecule has 0 amide bonds. The van der Waals surface area contributed by atoms with Crippen LogP contribution in [0.25, 0.3) is 0 Å². The smallest absolute Gasteiger partial charge is 0.125 e. The Hall–Kier alpha value is -1.69. The van der Waals surface area contributed by atoms with Crippen LogP contribution in [0.3, 0.4) is 0 Å². The topological polar surface area (TPSA) is 74.6 Å². The van der Waals surface area contributed by atoms with Gasteiger partial charge in [0.25, 0.3) is 0 Å². The van der Waals surface area contributed by atoms with Gasteiger partial charge in [0, 0.05) is 39.1 Å². The van der Waals surface area contributed by atoms with E-state index in [-0.39, 0.29) is 6.04 Å². The molecular formula is C9H14N6. The molecule has 2 rings (SSSR count). The van der Waals surface area contributed by atoms with Crippen molar-refractivity contribution in [2.45, 2.75) is 12.5 Å². The van der Waals surface area contributed by atoms with Gasteiger partial charge >= 0.3 is 0 Å². The molecule has 0 saturated carbocycles. The highest BCUT2D eigenvalue weighted by molar-refractivity contribution is 5.04. The van der Waals surface area contributed by atoms with Gasteiger partial charge < -0.3 is 10.3 Å². The van der Waals surface area contributed by atoms with Crippen LogP contribution in [0.4, 0.5) is 0 Å². The Balaban J connectivity index is 2.10. The molecule has 6 heteroatoms. The molecule has 0 bridgehead atoms. The Morgan fingerprint density at radius 2 is 2.27 bits per heavy atom. The molecule has 0 fully saturated rings. The van der Waals surface area contributed by atoms with Crippen LogP contribution in [0.5, 0.6) is 0 Å². The largest absolute Gasteiger partial charge is 0.337 e.